The van der Waals surface area contributed by atoms with Crippen LogP contribution in [0, 0.1) is 6.92 Å². The predicted molar refractivity (Wildman–Crippen MR) is 78.2 cm³/mol. The maximum atomic E-state index is 5.91. The highest BCUT2D eigenvalue weighted by molar-refractivity contribution is 9.10. The Morgan fingerprint density at radius 3 is 2.50 bits per heavy atom. The Morgan fingerprint density at radius 2 is 1.83 bits per heavy atom. The summed E-state index contributed by atoms with van der Waals surface area (Å²) in [6.07, 6.45) is 0.814. The molecule has 0 atom stereocenters. The number of hydrogen-bond donors (Lipinski definition) is 1. The summed E-state index contributed by atoms with van der Waals surface area (Å²) in [5.74, 6) is 1.70. The van der Waals surface area contributed by atoms with Crippen molar-refractivity contribution in [2.24, 2.45) is 5.73 Å². The van der Waals surface area contributed by atoms with Crippen LogP contribution in [-0.2, 0) is 6.42 Å². The molecule has 0 saturated carbocycles. The second kappa shape index (κ2) is 6.03. The van der Waals surface area contributed by atoms with E-state index in [-0.39, 0.29) is 0 Å². The molecular formula is C15H16BrNO. The van der Waals surface area contributed by atoms with E-state index in [1.165, 1.54) is 5.56 Å². The van der Waals surface area contributed by atoms with Gasteiger partial charge >= 0.3 is 0 Å². The summed E-state index contributed by atoms with van der Waals surface area (Å²) < 4.78 is 6.92. The molecule has 2 aromatic carbocycles. The van der Waals surface area contributed by atoms with E-state index in [1.807, 2.05) is 42.5 Å². The highest BCUT2D eigenvalue weighted by Gasteiger charge is 2.05. The third-order valence-electron chi connectivity index (χ3n) is 2.69. The Bertz CT molecular complexity index is 523. The van der Waals surface area contributed by atoms with E-state index in [2.05, 4.69) is 22.9 Å². The van der Waals surface area contributed by atoms with Crippen LogP contribution < -0.4 is 10.5 Å². The van der Waals surface area contributed by atoms with Crippen molar-refractivity contribution in [3.8, 4) is 11.5 Å². The van der Waals surface area contributed by atoms with E-state index < -0.39 is 0 Å². The smallest absolute Gasteiger partial charge is 0.131 e. The molecule has 0 aliphatic carbocycles. The fraction of sp³-hybridized carbons (Fsp3) is 0.200. The van der Waals surface area contributed by atoms with Gasteiger partial charge in [-0.25, -0.2) is 0 Å². The van der Waals surface area contributed by atoms with Gasteiger partial charge in [-0.05, 0) is 49.7 Å². The molecule has 0 saturated heterocycles. The maximum Gasteiger partial charge on any atom is 0.131 e. The molecule has 0 aromatic heterocycles. The topological polar surface area (TPSA) is 35.2 Å². The normalized spacial score (nSPS) is 10.4. The SMILES string of the molecule is Cc1ccc(Oc2cc(Br)ccc2CCN)cc1. The summed E-state index contributed by atoms with van der Waals surface area (Å²) in [5.41, 5.74) is 7.96. The molecule has 94 valence electrons. The van der Waals surface area contributed by atoms with Crippen LogP contribution in [0.15, 0.2) is 46.9 Å². The van der Waals surface area contributed by atoms with Gasteiger partial charge in [0, 0.05) is 4.47 Å². The second-order valence-corrected chi connectivity index (χ2v) is 5.12. The number of halogens is 1. The average molecular weight is 306 g/mol. The Hall–Kier alpha value is -1.32. The minimum Gasteiger partial charge on any atom is -0.457 e. The third kappa shape index (κ3) is 3.34. The van der Waals surface area contributed by atoms with Crippen LogP contribution in [0.25, 0.3) is 0 Å². The molecule has 2 aromatic rings. The number of benzene rings is 2. The van der Waals surface area contributed by atoms with Gasteiger partial charge in [-0.1, -0.05) is 39.7 Å². The van der Waals surface area contributed by atoms with Gasteiger partial charge in [-0.3, -0.25) is 0 Å². The first-order chi connectivity index (χ1) is 8.69. The number of rotatable bonds is 4. The molecule has 2 nitrogen and oxygen atoms in total. The van der Waals surface area contributed by atoms with Gasteiger partial charge in [0.1, 0.15) is 11.5 Å². The summed E-state index contributed by atoms with van der Waals surface area (Å²) in [6, 6.07) is 14.1. The Labute approximate surface area is 116 Å². The first kappa shape index (κ1) is 13.1. The molecule has 0 radical (unpaired) electrons. The summed E-state index contributed by atoms with van der Waals surface area (Å²) in [5, 5.41) is 0. The first-order valence-corrected chi connectivity index (χ1v) is 6.71. The Kier molecular flexibility index (Phi) is 4.39. The first-order valence-electron chi connectivity index (χ1n) is 5.92. The lowest BCUT2D eigenvalue weighted by Gasteiger charge is -2.11. The minimum atomic E-state index is 0.617. The fourth-order valence-corrected chi connectivity index (χ4v) is 2.06. The molecule has 0 fully saturated rings. The summed E-state index contributed by atoms with van der Waals surface area (Å²) in [4.78, 5) is 0. The molecule has 0 aliphatic heterocycles. The van der Waals surface area contributed by atoms with Crippen molar-refractivity contribution in [2.45, 2.75) is 13.3 Å². The van der Waals surface area contributed by atoms with Crippen molar-refractivity contribution >= 4 is 15.9 Å². The lowest BCUT2D eigenvalue weighted by atomic mass is 10.1. The van der Waals surface area contributed by atoms with Crippen molar-refractivity contribution in [3.05, 3.63) is 58.1 Å². The Balaban J connectivity index is 2.26. The van der Waals surface area contributed by atoms with Crippen molar-refractivity contribution in [1.29, 1.82) is 0 Å². The van der Waals surface area contributed by atoms with Gasteiger partial charge in [0.25, 0.3) is 0 Å². The van der Waals surface area contributed by atoms with E-state index in [1.54, 1.807) is 0 Å². The van der Waals surface area contributed by atoms with Crippen molar-refractivity contribution in [1.82, 2.24) is 0 Å². The van der Waals surface area contributed by atoms with Gasteiger partial charge in [-0.15, -0.1) is 0 Å². The van der Waals surface area contributed by atoms with Crippen LogP contribution >= 0.6 is 15.9 Å². The molecule has 2 N–H and O–H groups in total. The van der Waals surface area contributed by atoms with Crippen molar-refractivity contribution < 1.29 is 4.74 Å². The highest BCUT2D eigenvalue weighted by Crippen LogP contribution is 2.29. The van der Waals surface area contributed by atoms with Gasteiger partial charge < -0.3 is 10.5 Å². The molecule has 3 heteroatoms. The Morgan fingerprint density at radius 1 is 1.11 bits per heavy atom. The van der Waals surface area contributed by atoms with Crippen molar-refractivity contribution in [2.75, 3.05) is 6.54 Å². The summed E-state index contributed by atoms with van der Waals surface area (Å²) in [7, 11) is 0. The fourth-order valence-electron chi connectivity index (χ4n) is 1.72. The van der Waals surface area contributed by atoms with E-state index in [4.69, 9.17) is 10.5 Å². The number of aryl methyl sites for hydroxylation is 1. The van der Waals surface area contributed by atoms with E-state index >= 15 is 0 Å². The molecule has 0 heterocycles. The maximum absolute atomic E-state index is 5.91. The predicted octanol–water partition coefficient (Wildman–Crippen LogP) is 4.05. The molecule has 0 aliphatic rings. The zero-order valence-electron chi connectivity index (χ0n) is 10.3. The molecule has 0 amide bonds. The van der Waals surface area contributed by atoms with Crippen LogP contribution in [0.4, 0.5) is 0 Å². The molecule has 2 rings (SSSR count). The van der Waals surface area contributed by atoms with Crippen LogP contribution in [0.5, 0.6) is 11.5 Å². The largest absolute Gasteiger partial charge is 0.457 e. The molecule has 0 unspecified atom stereocenters. The van der Waals surface area contributed by atoms with Gasteiger partial charge in [0.2, 0.25) is 0 Å². The zero-order valence-corrected chi connectivity index (χ0v) is 11.9. The van der Waals surface area contributed by atoms with Crippen LogP contribution in [0.2, 0.25) is 0 Å². The highest BCUT2D eigenvalue weighted by atomic mass is 79.9. The van der Waals surface area contributed by atoms with Gasteiger partial charge in [-0.2, -0.15) is 0 Å². The molecular weight excluding hydrogens is 290 g/mol. The zero-order chi connectivity index (χ0) is 13.0. The second-order valence-electron chi connectivity index (χ2n) is 4.21. The van der Waals surface area contributed by atoms with E-state index in [0.717, 1.165) is 28.0 Å². The van der Waals surface area contributed by atoms with E-state index in [0.29, 0.717) is 6.54 Å². The molecule has 18 heavy (non-hydrogen) atoms. The monoisotopic (exact) mass is 305 g/mol. The number of nitrogens with two attached hydrogens (primary N) is 1. The number of hydrogen-bond acceptors (Lipinski definition) is 2. The minimum absolute atomic E-state index is 0.617. The lowest BCUT2D eigenvalue weighted by molar-refractivity contribution is 0.476. The quantitative estimate of drug-likeness (QED) is 0.925. The van der Waals surface area contributed by atoms with Crippen LogP contribution in [0.3, 0.4) is 0 Å². The van der Waals surface area contributed by atoms with Crippen molar-refractivity contribution in [3.63, 3.8) is 0 Å². The van der Waals surface area contributed by atoms with Crippen LogP contribution in [-0.4, -0.2) is 6.54 Å². The van der Waals surface area contributed by atoms with Crippen LogP contribution in [0.1, 0.15) is 11.1 Å². The molecule has 0 spiro atoms. The summed E-state index contributed by atoms with van der Waals surface area (Å²) in [6.45, 7) is 2.68. The van der Waals surface area contributed by atoms with E-state index in [9.17, 15) is 0 Å². The number of ether oxygens (including phenoxy) is 1. The standard InChI is InChI=1S/C15H16BrNO/c1-11-2-6-14(7-3-11)18-15-10-13(16)5-4-12(15)8-9-17/h2-7,10H,8-9,17H2,1H3. The average Bonchev–Trinajstić information content (AvgIpc) is 2.36. The van der Waals surface area contributed by atoms with Gasteiger partial charge in [0.15, 0.2) is 0 Å². The molecule has 0 bridgehead atoms. The van der Waals surface area contributed by atoms with Gasteiger partial charge in [0.05, 0.1) is 0 Å². The third-order valence-corrected chi connectivity index (χ3v) is 3.18. The lowest BCUT2D eigenvalue weighted by Crippen LogP contribution is -2.04. The summed E-state index contributed by atoms with van der Waals surface area (Å²) >= 11 is 3.46.